The van der Waals surface area contributed by atoms with E-state index in [1.165, 1.54) is 12.1 Å². The first-order chi connectivity index (χ1) is 19.1. The molecule has 2 fully saturated rings. The average molecular weight is 557 g/mol. The maximum Gasteiger partial charge on any atom is 0.410 e. The van der Waals surface area contributed by atoms with Crippen LogP contribution in [0.15, 0.2) is 48.5 Å². The van der Waals surface area contributed by atoms with Crippen molar-refractivity contribution in [3.05, 3.63) is 59.9 Å². The van der Waals surface area contributed by atoms with Crippen molar-refractivity contribution >= 4 is 12.0 Å². The van der Waals surface area contributed by atoms with Crippen LogP contribution in [0.25, 0.3) is 0 Å². The van der Waals surface area contributed by atoms with Crippen molar-refractivity contribution in [1.82, 2.24) is 9.80 Å². The van der Waals surface area contributed by atoms with Crippen LogP contribution >= 0.6 is 0 Å². The van der Waals surface area contributed by atoms with E-state index in [-0.39, 0.29) is 29.8 Å². The van der Waals surface area contributed by atoms with Gasteiger partial charge in [0.25, 0.3) is 0 Å². The lowest BCUT2D eigenvalue weighted by molar-refractivity contribution is -0.145. The molecule has 2 amide bonds. The molecule has 1 aliphatic heterocycles. The van der Waals surface area contributed by atoms with Crippen LogP contribution in [0.1, 0.15) is 52.0 Å². The Morgan fingerprint density at radius 1 is 1.02 bits per heavy atom. The summed E-state index contributed by atoms with van der Waals surface area (Å²) in [6.07, 6.45) is 2.15. The highest BCUT2D eigenvalue weighted by Gasteiger charge is 2.36. The standard InChI is InChI=1S/C31H41FN2O6/c1-31(2,3)40-30(36)34(19-22-9-13-24(32)14-10-22)25-15-11-23(12-16-25)29(35)33-17-18-38-26(20-33)21-39-28-8-6-5-7-27(28)37-4/h5-10,13-14,23,25-26H,11-12,15-21H2,1-4H3. The highest BCUT2D eigenvalue weighted by molar-refractivity contribution is 5.79. The van der Waals surface area contributed by atoms with Crippen LogP contribution in [0.3, 0.4) is 0 Å². The largest absolute Gasteiger partial charge is 0.493 e. The van der Waals surface area contributed by atoms with Gasteiger partial charge < -0.3 is 28.7 Å². The molecule has 0 radical (unpaired) electrons. The number of nitrogens with zero attached hydrogens (tertiary/aromatic N) is 2. The van der Waals surface area contributed by atoms with Crippen molar-refractivity contribution in [3.8, 4) is 11.5 Å². The molecule has 2 aromatic rings. The summed E-state index contributed by atoms with van der Waals surface area (Å²) in [6.45, 7) is 7.67. The molecular formula is C31H41FN2O6. The zero-order valence-corrected chi connectivity index (χ0v) is 23.9. The third-order valence-electron chi connectivity index (χ3n) is 7.33. The number of carbonyl (C=O) groups is 2. The van der Waals surface area contributed by atoms with Gasteiger partial charge in [0.05, 0.1) is 20.3 Å². The second-order valence-corrected chi connectivity index (χ2v) is 11.5. The summed E-state index contributed by atoms with van der Waals surface area (Å²) in [4.78, 5) is 30.2. The van der Waals surface area contributed by atoms with Gasteiger partial charge in [-0.2, -0.15) is 0 Å². The fourth-order valence-electron chi connectivity index (χ4n) is 5.28. The number of carbonyl (C=O) groups excluding carboxylic acids is 2. The van der Waals surface area contributed by atoms with E-state index in [4.69, 9.17) is 18.9 Å². The Kier molecular flexibility index (Phi) is 9.90. The Morgan fingerprint density at radius 2 is 1.70 bits per heavy atom. The van der Waals surface area contributed by atoms with Crippen molar-refractivity contribution < 1.29 is 32.9 Å². The van der Waals surface area contributed by atoms with E-state index >= 15 is 0 Å². The Balaban J connectivity index is 1.33. The van der Waals surface area contributed by atoms with E-state index in [1.54, 1.807) is 24.1 Å². The summed E-state index contributed by atoms with van der Waals surface area (Å²) in [5.74, 6) is 1.01. The van der Waals surface area contributed by atoms with E-state index in [9.17, 15) is 14.0 Å². The number of rotatable bonds is 8. The summed E-state index contributed by atoms with van der Waals surface area (Å²) in [5, 5.41) is 0. The van der Waals surface area contributed by atoms with Gasteiger partial charge in [0.1, 0.15) is 24.1 Å². The van der Waals surface area contributed by atoms with Crippen molar-refractivity contribution in [2.45, 2.75) is 70.7 Å². The number of benzene rings is 2. The number of hydrogen-bond donors (Lipinski definition) is 0. The second kappa shape index (κ2) is 13.4. The van der Waals surface area contributed by atoms with Gasteiger partial charge in [0, 0.05) is 25.0 Å². The van der Waals surface area contributed by atoms with Gasteiger partial charge in [0.2, 0.25) is 5.91 Å². The lowest BCUT2D eigenvalue weighted by atomic mass is 9.84. The van der Waals surface area contributed by atoms with Gasteiger partial charge >= 0.3 is 6.09 Å². The SMILES string of the molecule is COc1ccccc1OCC1CN(C(=O)C2CCC(N(Cc3ccc(F)cc3)C(=O)OC(C)(C)C)CC2)CCO1. The van der Waals surface area contributed by atoms with Crippen LogP contribution in [0.5, 0.6) is 11.5 Å². The molecule has 8 nitrogen and oxygen atoms in total. The topological polar surface area (TPSA) is 77.5 Å². The minimum atomic E-state index is -0.631. The molecule has 4 rings (SSSR count). The minimum absolute atomic E-state index is 0.0596. The third-order valence-corrected chi connectivity index (χ3v) is 7.33. The number of hydrogen-bond acceptors (Lipinski definition) is 6. The zero-order valence-electron chi connectivity index (χ0n) is 23.9. The molecule has 1 heterocycles. The molecule has 218 valence electrons. The van der Waals surface area contributed by atoms with Gasteiger partial charge in [-0.15, -0.1) is 0 Å². The fraction of sp³-hybridized carbons (Fsp3) is 0.548. The second-order valence-electron chi connectivity index (χ2n) is 11.5. The van der Waals surface area contributed by atoms with Gasteiger partial charge in [-0.05, 0) is 76.3 Å². The number of para-hydroxylation sites is 2. The van der Waals surface area contributed by atoms with Crippen LogP contribution in [-0.4, -0.2) is 73.0 Å². The lowest BCUT2D eigenvalue weighted by Crippen LogP contribution is -2.51. The summed E-state index contributed by atoms with van der Waals surface area (Å²) >= 11 is 0. The molecule has 40 heavy (non-hydrogen) atoms. The van der Waals surface area contributed by atoms with Gasteiger partial charge in [0.15, 0.2) is 11.5 Å². The van der Waals surface area contributed by atoms with Crippen molar-refractivity contribution in [3.63, 3.8) is 0 Å². The highest BCUT2D eigenvalue weighted by atomic mass is 19.1. The zero-order chi connectivity index (χ0) is 28.7. The summed E-state index contributed by atoms with van der Waals surface area (Å²) in [7, 11) is 1.60. The van der Waals surface area contributed by atoms with Crippen molar-refractivity contribution in [2.75, 3.05) is 33.4 Å². The predicted octanol–water partition coefficient (Wildman–Crippen LogP) is 5.44. The monoisotopic (exact) mass is 556 g/mol. The molecule has 0 bridgehead atoms. The molecule has 2 aromatic carbocycles. The van der Waals surface area contributed by atoms with Gasteiger partial charge in [-0.1, -0.05) is 24.3 Å². The third kappa shape index (κ3) is 8.10. The molecule has 9 heteroatoms. The smallest absolute Gasteiger partial charge is 0.410 e. The quantitative estimate of drug-likeness (QED) is 0.431. The fourth-order valence-corrected chi connectivity index (χ4v) is 5.28. The Hall–Kier alpha value is -3.33. The van der Waals surface area contributed by atoms with E-state index in [0.29, 0.717) is 70.0 Å². The summed E-state index contributed by atoms with van der Waals surface area (Å²) in [5.41, 5.74) is 0.202. The first-order valence-corrected chi connectivity index (χ1v) is 14.0. The predicted molar refractivity (Wildman–Crippen MR) is 149 cm³/mol. The van der Waals surface area contributed by atoms with Crippen LogP contribution in [0, 0.1) is 11.7 Å². The number of morpholine rings is 1. The maximum absolute atomic E-state index is 13.5. The Labute approximate surface area is 236 Å². The lowest BCUT2D eigenvalue weighted by Gasteiger charge is -2.39. The molecular weight excluding hydrogens is 515 g/mol. The maximum atomic E-state index is 13.5. The molecule has 1 aliphatic carbocycles. The van der Waals surface area contributed by atoms with Crippen LogP contribution in [-0.2, 0) is 20.8 Å². The van der Waals surface area contributed by atoms with Gasteiger partial charge in [-0.25, -0.2) is 9.18 Å². The number of methoxy groups -OCH3 is 1. The summed E-state index contributed by atoms with van der Waals surface area (Å²) in [6, 6.07) is 13.6. The normalized spacial score (nSPS) is 21.4. The Morgan fingerprint density at radius 3 is 2.35 bits per heavy atom. The van der Waals surface area contributed by atoms with Crippen LogP contribution in [0.2, 0.25) is 0 Å². The molecule has 1 unspecified atom stereocenters. The van der Waals surface area contributed by atoms with Crippen molar-refractivity contribution in [2.24, 2.45) is 5.92 Å². The molecule has 1 saturated heterocycles. The van der Waals surface area contributed by atoms with Crippen LogP contribution < -0.4 is 9.47 Å². The van der Waals surface area contributed by atoms with E-state index in [1.807, 2.05) is 49.9 Å². The first kappa shape index (κ1) is 29.6. The highest BCUT2D eigenvalue weighted by Crippen LogP contribution is 2.32. The molecule has 0 aromatic heterocycles. The molecule has 1 saturated carbocycles. The molecule has 0 spiro atoms. The van der Waals surface area contributed by atoms with E-state index < -0.39 is 11.7 Å². The Bertz CT molecular complexity index is 1130. The van der Waals surface area contributed by atoms with Gasteiger partial charge in [-0.3, -0.25) is 4.79 Å². The van der Waals surface area contributed by atoms with Crippen LogP contribution in [0.4, 0.5) is 9.18 Å². The average Bonchev–Trinajstić information content (AvgIpc) is 2.95. The number of ether oxygens (including phenoxy) is 4. The van der Waals surface area contributed by atoms with E-state index in [2.05, 4.69) is 0 Å². The molecule has 0 N–H and O–H groups in total. The summed E-state index contributed by atoms with van der Waals surface area (Å²) < 4.78 is 36.3. The first-order valence-electron chi connectivity index (χ1n) is 14.0. The van der Waals surface area contributed by atoms with Crippen molar-refractivity contribution in [1.29, 1.82) is 0 Å². The number of halogens is 1. The number of amides is 2. The molecule has 2 aliphatic rings. The minimum Gasteiger partial charge on any atom is -0.493 e. The van der Waals surface area contributed by atoms with E-state index in [0.717, 1.165) is 5.56 Å². The molecule has 1 atom stereocenters.